The summed E-state index contributed by atoms with van der Waals surface area (Å²) in [5, 5.41) is 9.69. The highest BCUT2D eigenvalue weighted by Crippen LogP contribution is 2.29. The maximum Gasteiger partial charge on any atom is 0.103 e. The third-order valence-corrected chi connectivity index (χ3v) is 3.42. The molecule has 16 heavy (non-hydrogen) atoms. The molecule has 0 aliphatic carbocycles. The molecule has 1 aliphatic rings. The van der Waals surface area contributed by atoms with Gasteiger partial charge >= 0.3 is 0 Å². The zero-order valence-corrected chi connectivity index (χ0v) is 10.2. The van der Waals surface area contributed by atoms with Gasteiger partial charge in [-0.25, -0.2) is 0 Å². The maximum atomic E-state index is 9.13. The van der Waals surface area contributed by atoms with Crippen LogP contribution in [0.1, 0.15) is 25.3 Å². The molecular weight excluding hydrogens is 220 g/mol. The van der Waals surface area contributed by atoms with Gasteiger partial charge in [0.05, 0.1) is 16.3 Å². The summed E-state index contributed by atoms with van der Waals surface area (Å²) in [6.45, 7) is 4.30. The van der Waals surface area contributed by atoms with Crippen LogP contribution < -0.4 is 4.90 Å². The molecule has 0 amide bonds. The Morgan fingerprint density at radius 2 is 2.31 bits per heavy atom. The molecule has 1 aliphatic heterocycles. The fourth-order valence-electron chi connectivity index (χ4n) is 2.30. The summed E-state index contributed by atoms with van der Waals surface area (Å²) < 4.78 is 0. The Morgan fingerprint density at radius 1 is 1.50 bits per heavy atom. The van der Waals surface area contributed by atoms with E-state index in [2.05, 4.69) is 17.9 Å². The summed E-state index contributed by atoms with van der Waals surface area (Å²) >= 11 is 6.04. The minimum Gasteiger partial charge on any atom is -0.370 e. The topological polar surface area (TPSA) is 27.0 Å². The van der Waals surface area contributed by atoms with E-state index in [0.29, 0.717) is 16.5 Å². The number of nitriles is 1. The second kappa shape index (κ2) is 4.76. The lowest BCUT2D eigenvalue weighted by molar-refractivity contribution is 0.446. The average molecular weight is 235 g/mol. The number of halogens is 1. The Kier molecular flexibility index (Phi) is 3.36. The molecule has 0 bridgehead atoms. The predicted octanol–water partition coefficient (Wildman–Crippen LogP) is 3.45. The predicted molar refractivity (Wildman–Crippen MR) is 66.8 cm³/mol. The van der Waals surface area contributed by atoms with Crippen LogP contribution in [0.25, 0.3) is 0 Å². The van der Waals surface area contributed by atoms with Gasteiger partial charge in [-0.15, -0.1) is 0 Å². The molecule has 0 saturated carbocycles. The maximum absolute atomic E-state index is 9.13. The van der Waals surface area contributed by atoms with Crippen molar-refractivity contribution in [3.8, 4) is 6.07 Å². The molecule has 2 rings (SSSR count). The van der Waals surface area contributed by atoms with Crippen molar-refractivity contribution in [3.63, 3.8) is 0 Å². The number of nitrogens with zero attached hydrogens (tertiary/aromatic N) is 2. The van der Waals surface area contributed by atoms with Crippen LogP contribution in [0.15, 0.2) is 18.2 Å². The minimum absolute atomic E-state index is 0.554. The van der Waals surface area contributed by atoms with Crippen molar-refractivity contribution in [2.45, 2.75) is 19.8 Å². The Balaban J connectivity index is 2.33. The monoisotopic (exact) mass is 234 g/mol. The zero-order valence-electron chi connectivity index (χ0n) is 9.41. The molecule has 84 valence electrons. The molecule has 0 radical (unpaired) electrons. The van der Waals surface area contributed by atoms with Gasteiger partial charge < -0.3 is 4.90 Å². The van der Waals surface area contributed by atoms with Gasteiger partial charge in [0.1, 0.15) is 6.07 Å². The molecule has 1 fully saturated rings. The summed E-state index contributed by atoms with van der Waals surface area (Å²) in [6.07, 6.45) is 2.47. The van der Waals surface area contributed by atoms with Gasteiger partial charge in [0, 0.05) is 13.1 Å². The summed E-state index contributed by atoms with van der Waals surface area (Å²) in [5.41, 5.74) is 1.60. The van der Waals surface area contributed by atoms with Gasteiger partial charge in [-0.05, 0) is 30.9 Å². The van der Waals surface area contributed by atoms with Crippen LogP contribution in [-0.2, 0) is 0 Å². The van der Waals surface area contributed by atoms with Crippen LogP contribution in [0.4, 0.5) is 5.69 Å². The molecule has 0 N–H and O–H groups in total. The normalized spacial score (nSPS) is 20.6. The number of hydrogen-bond acceptors (Lipinski definition) is 2. The number of hydrogen-bond donors (Lipinski definition) is 0. The minimum atomic E-state index is 0.554. The average Bonchev–Trinajstić information content (AvgIpc) is 2.28. The van der Waals surface area contributed by atoms with Gasteiger partial charge in [-0.3, -0.25) is 0 Å². The highest BCUT2D eigenvalue weighted by Gasteiger charge is 2.19. The van der Waals surface area contributed by atoms with E-state index in [4.69, 9.17) is 16.9 Å². The first-order chi connectivity index (χ1) is 7.72. The van der Waals surface area contributed by atoms with E-state index in [9.17, 15) is 0 Å². The zero-order chi connectivity index (χ0) is 11.5. The fraction of sp³-hybridized carbons (Fsp3) is 0.462. The molecule has 0 aromatic heterocycles. The summed E-state index contributed by atoms with van der Waals surface area (Å²) in [6, 6.07) is 7.88. The second-order valence-corrected chi connectivity index (χ2v) is 4.85. The first kappa shape index (κ1) is 11.3. The highest BCUT2D eigenvalue weighted by atomic mass is 35.5. The lowest BCUT2D eigenvalue weighted by Gasteiger charge is -2.33. The van der Waals surface area contributed by atoms with Crippen molar-refractivity contribution < 1.29 is 0 Å². The van der Waals surface area contributed by atoms with E-state index in [0.717, 1.165) is 18.8 Å². The Morgan fingerprint density at radius 3 is 3.00 bits per heavy atom. The van der Waals surface area contributed by atoms with Crippen LogP contribution >= 0.6 is 11.6 Å². The van der Waals surface area contributed by atoms with Crippen molar-refractivity contribution in [2.75, 3.05) is 18.0 Å². The summed E-state index contributed by atoms with van der Waals surface area (Å²) in [4.78, 5) is 2.28. The Bertz CT molecular complexity index is 422. The smallest absolute Gasteiger partial charge is 0.103 e. The van der Waals surface area contributed by atoms with Gasteiger partial charge in [-0.1, -0.05) is 24.6 Å². The number of rotatable bonds is 1. The SMILES string of the molecule is CC1CCCN(c2cccc(Cl)c2C#N)C1. The van der Waals surface area contributed by atoms with Crippen LogP contribution in [0.5, 0.6) is 0 Å². The van der Waals surface area contributed by atoms with E-state index < -0.39 is 0 Å². The fourth-order valence-corrected chi connectivity index (χ4v) is 2.51. The lowest BCUT2D eigenvalue weighted by Crippen LogP contribution is -2.34. The third-order valence-electron chi connectivity index (χ3n) is 3.10. The molecule has 3 heteroatoms. The number of benzene rings is 1. The molecule has 2 nitrogen and oxygen atoms in total. The third kappa shape index (κ3) is 2.15. The molecule has 0 spiro atoms. The van der Waals surface area contributed by atoms with E-state index in [1.165, 1.54) is 12.8 Å². The molecule has 1 saturated heterocycles. The second-order valence-electron chi connectivity index (χ2n) is 4.44. The number of anilines is 1. The standard InChI is InChI=1S/C13H15ClN2/c1-10-4-3-7-16(9-10)13-6-2-5-12(14)11(13)8-15/h2,5-6,10H,3-4,7,9H2,1H3. The van der Waals surface area contributed by atoms with Gasteiger partial charge in [0.25, 0.3) is 0 Å². The van der Waals surface area contributed by atoms with E-state index in [-0.39, 0.29) is 0 Å². The van der Waals surface area contributed by atoms with Crippen molar-refractivity contribution in [1.29, 1.82) is 5.26 Å². The molecule has 1 atom stereocenters. The van der Waals surface area contributed by atoms with Crippen LogP contribution in [0.3, 0.4) is 0 Å². The van der Waals surface area contributed by atoms with E-state index in [1.807, 2.05) is 12.1 Å². The van der Waals surface area contributed by atoms with Crippen molar-refractivity contribution in [1.82, 2.24) is 0 Å². The molecular formula is C13H15ClN2. The lowest BCUT2D eigenvalue weighted by atomic mass is 9.99. The summed E-state index contributed by atoms with van der Waals surface area (Å²) in [5.74, 6) is 0.694. The Hall–Kier alpha value is -1.20. The molecule has 1 aromatic rings. The molecule has 1 aromatic carbocycles. The van der Waals surface area contributed by atoms with Gasteiger partial charge in [0.2, 0.25) is 0 Å². The largest absolute Gasteiger partial charge is 0.370 e. The Labute approximate surface area is 101 Å². The van der Waals surface area contributed by atoms with Crippen LogP contribution in [0.2, 0.25) is 5.02 Å². The quantitative estimate of drug-likeness (QED) is 0.744. The van der Waals surface area contributed by atoms with Crippen molar-refractivity contribution in [2.24, 2.45) is 5.92 Å². The van der Waals surface area contributed by atoms with Crippen molar-refractivity contribution >= 4 is 17.3 Å². The van der Waals surface area contributed by atoms with Crippen LogP contribution in [0, 0.1) is 17.2 Å². The first-order valence-corrected chi connectivity index (χ1v) is 6.03. The first-order valence-electron chi connectivity index (χ1n) is 5.66. The highest BCUT2D eigenvalue weighted by molar-refractivity contribution is 6.32. The van der Waals surface area contributed by atoms with Crippen molar-refractivity contribution in [3.05, 3.63) is 28.8 Å². The molecule has 1 heterocycles. The molecule has 1 unspecified atom stereocenters. The van der Waals surface area contributed by atoms with Gasteiger partial charge in [-0.2, -0.15) is 5.26 Å². The van der Waals surface area contributed by atoms with Gasteiger partial charge in [0.15, 0.2) is 0 Å². The van der Waals surface area contributed by atoms with E-state index in [1.54, 1.807) is 6.07 Å². The number of piperidine rings is 1. The van der Waals surface area contributed by atoms with E-state index >= 15 is 0 Å². The van der Waals surface area contributed by atoms with Crippen LogP contribution in [-0.4, -0.2) is 13.1 Å². The summed E-state index contributed by atoms with van der Waals surface area (Å²) in [7, 11) is 0.